The zero-order valence-electron chi connectivity index (χ0n) is 11.0. The Morgan fingerprint density at radius 3 is 2.68 bits per heavy atom. The van der Waals surface area contributed by atoms with Crippen molar-refractivity contribution in [2.75, 3.05) is 31.6 Å². The minimum Gasteiger partial charge on any atom is -0.389 e. The van der Waals surface area contributed by atoms with E-state index in [4.69, 9.17) is 18.0 Å². The number of anilines is 1. The third-order valence-electron chi connectivity index (χ3n) is 3.25. The molecule has 1 aliphatic heterocycles. The lowest BCUT2D eigenvalue weighted by Gasteiger charge is -2.22. The van der Waals surface area contributed by atoms with Crippen molar-refractivity contribution in [2.24, 2.45) is 5.73 Å². The van der Waals surface area contributed by atoms with E-state index in [0.717, 1.165) is 37.3 Å². The fraction of sp³-hybridized carbons (Fsp3) is 0.462. The summed E-state index contributed by atoms with van der Waals surface area (Å²) in [5, 5.41) is 0. The van der Waals surface area contributed by atoms with E-state index in [-0.39, 0.29) is 5.91 Å². The Kier molecular flexibility index (Phi) is 4.31. The molecule has 1 aromatic heterocycles. The number of likely N-dealkylation sites (tertiary alicyclic amines) is 1. The summed E-state index contributed by atoms with van der Waals surface area (Å²) in [6, 6.07) is 3.65. The number of hydrogen-bond acceptors (Lipinski definition) is 4. The monoisotopic (exact) mass is 278 g/mol. The van der Waals surface area contributed by atoms with Gasteiger partial charge in [-0.1, -0.05) is 12.2 Å². The van der Waals surface area contributed by atoms with Crippen LogP contribution in [0.25, 0.3) is 0 Å². The first-order chi connectivity index (χ1) is 9.08. The van der Waals surface area contributed by atoms with Gasteiger partial charge in [0.2, 0.25) is 5.91 Å². The van der Waals surface area contributed by atoms with Gasteiger partial charge in [0.25, 0.3) is 0 Å². The number of nitrogens with two attached hydrogens (primary N) is 1. The van der Waals surface area contributed by atoms with Gasteiger partial charge in [0.1, 0.15) is 10.8 Å². The number of pyridine rings is 1. The second kappa shape index (κ2) is 5.97. The number of carbonyl (C=O) groups excluding carboxylic acids is 1. The standard InChI is InChI=1S/C13H18N4OS/c1-16(9-12(18)17-6-2-3-7-17)11-5-4-10(8-15-11)13(14)19/h4-5,8H,2-3,6-7,9H2,1H3,(H2,14,19). The van der Waals surface area contributed by atoms with Crippen LogP contribution in [0.15, 0.2) is 18.3 Å². The van der Waals surface area contributed by atoms with E-state index in [1.165, 1.54) is 0 Å². The largest absolute Gasteiger partial charge is 0.389 e. The third-order valence-corrected chi connectivity index (χ3v) is 3.49. The van der Waals surface area contributed by atoms with Crippen molar-refractivity contribution >= 4 is 28.9 Å². The molecule has 0 saturated carbocycles. The second-order valence-corrected chi connectivity index (χ2v) is 5.15. The van der Waals surface area contributed by atoms with Gasteiger partial charge in [-0.05, 0) is 25.0 Å². The van der Waals surface area contributed by atoms with E-state index in [0.29, 0.717) is 11.5 Å². The maximum atomic E-state index is 12.0. The van der Waals surface area contributed by atoms with E-state index in [1.807, 2.05) is 29.0 Å². The summed E-state index contributed by atoms with van der Waals surface area (Å²) in [5.41, 5.74) is 6.25. The van der Waals surface area contributed by atoms with Crippen molar-refractivity contribution in [3.8, 4) is 0 Å². The molecule has 1 aliphatic rings. The fourth-order valence-electron chi connectivity index (χ4n) is 2.11. The van der Waals surface area contributed by atoms with E-state index in [9.17, 15) is 4.79 Å². The molecule has 1 aromatic rings. The summed E-state index contributed by atoms with van der Waals surface area (Å²) in [6.45, 7) is 2.10. The zero-order valence-corrected chi connectivity index (χ0v) is 11.8. The number of nitrogens with zero attached hydrogens (tertiary/aromatic N) is 3. The molecule has 0 radical (unpaired) electrons. The molecule has 1 amide bonds. The maximum absolute atomic E-state index is 12.0. The number of thiocarbonyl (C=S) groups is 1. The van der Waals surface area contributed by atoms with Gasteiger partial charge in [0.05, 0.1) is 6.54 Å². The van der Waals surface area contributed by atoms with Crippen LogP contribution in [0.3, 0.4) is 0 Å². The van der Waals surface area contributed by atoms with Crippen LogP contribution >= 0.6 is 12.2 Å². The fourth-order valence-corrected chi connectivity index (χ4v) is 2.23. The summed E-state index contributed by atoms with van der Waals surface area (Å²) in [4.78, 5) is 20.4. The van der Waals surface area contributed by atoms with Crippen LogP contribution < -0.4 is 10.6 Å². The Balaban J connectivity index is 1.97. The van der Waals surface area contributed by atoms with Gasteiger partial charge in [-0.2, -0.15) is 0 Å². The van der Waals surface area contributed by atoms with Crippen LogP contribution in [-0.2, 0) is 4.79 Å². The predicted molar refractivity (Wildman–Crippen MR) is 79.2 cm³/mol. The number of carbonyl (C=O) groups is 1. The number of aromatic nitrogens is 1. The molecule has 102 valence electrons. The van der Waals surface area contributed by atoms with Crippen molar-refractivity contribution in [1.82, 2.24) is 9.88 Å². The lowest BCUT2D eigenvalue weighted by atomic mass is 10.3. The first kappa shape index (κ1) is 13.7. The Labute approximate surface area is 118 Å². The molecule has 2 rings (SSSR count). The van der Waals surface area contributed by atoms with Crippen LogP contribution in [0.2, 0.25) is 0 Å². The average molecular weight is 278 g/mol. The number of likely N-dealkylation sites (N-methyl/N-ethyl adjacent to an activating group) is 1. The van der Waals surface area contributed by atoms with Crippen LogP contribution in [0.5, 0.6) is 0 Å². The molecule has 1 fully saturated rings. The highest BCUT2D eigenvalue weighted by atomic mass is 32.1. The molecule has 1 saturated heterocycles. The molecule has 19 heavy (non-hydrogen) atoms. The van der Waals surface area contributed by atoms with E-state index in [1.54, 1.807) is 6.20 Å². The van der Waals surface area contributed by atoms with Crippen LogP contribution in [-0.4, -0.2) is 47.5 Å². The lowest BCUT2D eigenvalue weighted by Crippen LogP contribution is -2.37. The zero-order chi connectivity index (χ0) is 13.8. The normalized spacial score (nSPS) is 14.5. The molecular weight excluding hydrogens is 260 g/mol. The van der Waals surface area contributed by atoms with Crippen LogP contribution in [0.1, 0.15) is 18.4 Å². The number of hydrogen-bond donors (Lipinski definition) is 1. The van der Waals surface area contributed by atoms with E-state index < -0.39 is 0 Å². The number of amides is 1. The first-order valence-electron chi connectivity index (χ1n) is 6.32. The van der Waals surface area contributed by atoms with Crippen LogP contribution in [0.4, 0.5) is 5.82 Å². The molecule has 0 spiro atoms. The van der Waals surface area contributed by atoms with Crippen molar-refractivity contribution in [2.45, 2.75) is 12.8 Å². The average Bonchev–Trinajstić information content (AvgIpc) is 2.92. The van der Waals surface area contributed by atoms with Crippen LogP contribution in [0, 0.1) is 0 Å². The quantitative estimate of drug-likeness (QED) is 0.825. The predicted octanol–water partition coefficient (Wildman–Crippen LogP) is 0.774. The molecule has 0 bridgehead atoms. The Morgan fingerprint density at radius 2 is 2.16 bits per heavy atom. The van der Waals surface area contributed by atoms with Crippen molar-refractivity contribution in [1.29, 1.82) is 0 Å². The van der Waals surface area contributed by atoms with Crippen molar-refractivity contribution < 1.29 is 4.79 Å². The summed E-state index contributed by atoms with van der Waals surface area (Å²) >= 11 is 4.88. The smallest absolute Gasteiger partial charge is 0.242 e. The van der Waals surface area contributed by atoms with Gasteiger partial charge < -0.3 is 15.5 Å². The highest BCUT2D eigenvalue weighted by Gasteiger charge is 2.19. The summed E-state index contributed by atoms with van der Waals surface area (Å²) in [7, 11) is 1.86. The summed E-state index contributed by atoms with van der Waals surface area (Å²) in [6.07, 6.45) is 3.85. The van der Waals surface area contributed by atoms with Gasteiger partial charge in [-0.15, -0.1) is 0 Å². The molecule has 2 heterocycles. The first-order valence-corrected chi connectivity index (χ1v) is 6.73. The molecular formula is C13H18N4OS. The maximum Gasteiger partial charge on any atom is 0.242 e. The van der Waals surface area contributed by atoms with Gasteiger partial charge >= 0.3 is 0 Å². The molecule has 0 aliphatic carbocycles. The molecule has 6 heteroatoms. The molecule has 2 N–H and O–H groups in total. The van der Waals surface area contributed by atoms with Gasteiger partial charge in [0, 0.05) is 31.9 Å². The van der Waals surface area contributed by atoms with Crippen molar-refractivity contribution in [3.05, 3.63) is 23.9 Å². The topological polar surface area (TPSA) is 62.5 Å². The van der Waals surface area contributed by atoms with Gasteiger partial charge in [-0.25, -0.2) is 4.98 Å². The Bertz CT molecular complexity index is 468. The minimum absolute atomic E-state index is 0.153. The highest BCUT2D eigenvalue weighted by Crippen LogP contribution is 2.12. The summed E-state index contributed by atoms with van der Waals surface area (Å²) < 4.78 is 0. The third kappa shape index (κ3) is 3.41. The van der Waals surface area contributed by atoms with Gasteiger partial charge in [-0.3, -0.25) is 4.79 Å². The Hall–Kier alpha value is -1.69. The molecule has 0 aromatic carbocycles. The van der Waals surface area contributed by atoms with E-state index >= 15 is 0 Å². The SMILES string of the molecule is CN(CC(=O)N1CCCC1)c1ccc(C(N)=S)cn1. The highest BCUT2D eigenvalue weighted by molar-refractivity contribution is 7.80. The van der Waals surface area contributed by atoms with Crippen molar-refractivity contribution in [3.63, 3.8) is 0 Å². The Morgan fingerprint density at radius 1 is 1.47 bits per heavy atom. The molecule has 5 nitrogen and oxygen atoms in total. The lowest BCUT2D eigenvalue weighted by molar-refractivity contribution is -0.128. The van der Waals surface area contributed by atoms with Gasteiger partial charge in [0.15, 0.2) is 0 Å². The molecule has 0 atom stereocenters. The summed E-state index contributed by atoms with van der Waals surface area (Å²) in [5.74, 6) is 0.896. The second-order valence-electron chi connectivity index (χ2n) is 4.71. The minimum atomic E-state index is 0.153. The van der Waals surface area contributed by atoms with E-state index in [2.05, 4.69) is 4.98 Å². The molecule has 0 unspecified atom stereocenters. The number of rotatable bonds is 4.